The molecular weight excluding hydrogens is 314 g/mol. The third-order valence-electron chi connectivity index (χ3n) is 3.46. The number of rotatable bonds is 5. The summed E-state index contributed by atoms with van der Waals surface area (Å²) in [6.45, 7) is 1.99. The van der Waals surface area contributed by atoms with Gasteiger partial charge in [0.25, 0.3) is 0 Å². The number of aromatic nitrogens is 2. The molecular formula is C14H17Cl2FN4. The van der Waals surface area contributed by atoms with Crippen LogP contribution in [0, 0.1) is 5.82 Å². The SMILES string of the molecule is CCc1nn(C)c(CC(NN)c2cccc(F)c2Cl)c1Cl. The van der Waals surface area contributed by atoms with Crippen LogP contribution in [-0.4, -0.2) is 9.78 Å². The molecule has 0 radical (unpaired) electrons. The molecule has 0 aliphatic rings. The molecule has 1 heterocycles. The summed E-state index contributed by atoms with van der Waals surface area (Å²) in [5, 5.41) is 5.04. The van der Waals surface area contributed by atoms with E-state index in [0.29, 0.717) is 17.0 Å². The summed E-state index contributed by atoms with van der Waals surface area (Å²) in [4.78, 5) is 0. The van der Waals surface area contributed by atoms with Crippen LogP contribution in [0.15, 0.2) is 18.2 Å². The van der Waals surface area contributed by atoms with Crippen LogP contribution in [0.3, 0.4) is 0 Å². The minimum absolute atomic E-state index is 0.0643. The van der Waals surface area contributed by atoms with E-state index < -0.39 is 5.82 Å². The van der Waals surface area contributed by atoms with E-state index in [-0.39, 0.29) is 11.1 Å². The van der Waals surface area contributed by atoms with Crippen LogP contribution in [-0.2, 0) is 19.9 Å². The molecule has 1 aromatic carbocycles. The fourth-order valence-corrected chi connectivity index (χ4v) is 2.91. The van der Waals surface area contributed by atoms with Crippen molar-refractivity contribution in [1.29, 1.82) is 0 Å². The maximum absolute atomic E-state index is 13.6. The number of nitrogens with one attached hydrogen (secondary N) is 1. The molecule has 0 saturated heterocycles. The van der Waals surface area contributed by atoms with Crippen LogP contribution in [0.4, 0.5) is 4.39 Å². The van der Waals surface area contributed by atoms with Crippen LogP contribution >= 0.6 is 23.2 Å². The average molecular weight is 331 g/mol. The van der Waals surface area contributed by atoms with Gasteiger partial charge in [0.05, 0.1) is 27.5 Å². The second-order valence-electron chi connectivity index (χ2n) is 4.75. The lowest BCUT2D eigenvalue weighted by Crippen LogP contribution is -2.30. The molecule has 0 aliphatic carbocycles. The van der Waals surface area contributed by atoms with E-state index in [4.69, 9.17) is 29.0 Å². The first-order valence-corrected chi connectivity index (χ1v) is 7.35. The van der Waals surface area contributed by atoms with Crippen LogP contribution in [0.2, 0.25) is 10.0 Å². The molecule has 3 N–H and O–H groups in total. The van der Waals surface area contributed by atoms with E-state index in [1.165, 1.54) is 6.07 Å². The summed E-state index contributed by atoms with van der Waals surface area (Å²) in [5.41, 5.74) is 4.92. The minimum atomic E-state index is -0.472. The number of aryl methyl sites for hydroxylation is 2. The number of hydrogen-bond donors (Lipinski definition) is 2. The molecule has 0 saturated carbocycles. The minimum Gasteiger partial charge on any atom is -0.271 e. The van der Waals surface area contributed by atoms with E-state index in [1.807, 2.05) is 14.0 Å². The molecule has 1 unspecified atom stereocenters. The average Bonchev–Trinajstić information content (AvgIpc) is 2.74. The largest absolute Gasteiger partial charge is 0.271 e. The smallest absolute Gasteiger partial charge is 0.142 e. The van der Waals surface area contributed by atoms with E-state index >= 15 is 0 Å². The van der Waals surface area contributed by atoms with Crippen molar-refractivity contribution in [3.05, 3.63) is 51.0 Å². The van der Waals surface area contributed by atoms with Gasteiger partial charge < -0.3 is 0 Å². The summed E-state index contributed by atoms with van der Waals surface area (Å²) in [6, 6.07) is 4.29. The first kappa shape index (κ1) is 16.2. The molecule has 2 rings (SSSR count). The lowest BCUT2D eigenvalue weighted by molar-refractivity contribution is 0.525. The number of hydrazine groups is 1. The van der Waals surface area contributed by atoms with E-state index in [1.54, 1.807) is 16.8 Å². The Morgan fingerprint density at radius 2 is 2.10 bits per heavy atom. The third-order valence-corrected chi connectivity index (χ3v) is 4.29. The van der Waals surface area contributed by atoms with Gasteiger partial charge in [0.2, 0.25) is 0 Å². The van der Waals surface area contributed by atoms with Gasteiger partial charge in [0.1, 0.15) is 5.82 Å². The normalized spacial score (nSPS) is 12.7. The Kier molecular flexibility index (Phi) is 5.22. The molecule has 0 bridgehead atoms. The molecule has 0 amide bonds. The zero-order valence-electron chi connectivity index (χ0n) is 11.8. The second kappa shape index (κ2) is 6.75. The molecule has 2 aromatic rings. The molecule has 1 atom stereocenters. The number of hydrogen-bond acceptors (Lipinski definition) is 3. The van der Waals surface area contributed by atoms with Crippen LogP contribution in [0.5, 0.6) is 0 Å². The van der Waals surface area contributed by atoms with E-state index in [9.17, 15) is 4.39 Å². The zero-order valence-corrected chi connectivity index (χ0v) is 13.3. The highest BCUT2D eigenvalue weighted by Crippen LogP contribution is 2.30. The van der Waals surface area contributed by atoms with Crippen molar-refractivity contribution in [2.75, 3.05) is 0 Å². The number of nitrogens with two attached hydrogens (primary N) is 1. The van der Waals surface area contributed by atoms with Gasteiger partial charge in [-0.25, -0.2) is 4.39 Å². The summed E-state index contributed by atoms with van der Waals surface area (Å²) in [6.07, 6.45) is 1.20. The summed E-state index contributed by atoms with van der Waals surface area (Å²) in [5.74, 6) is 5.13. The Balaban J connectivity index is 2.36. The van der Waals surface area contributed by atoms with Crippen LogP contribution in [0.25, 0.3) is 0 Å². The van der Waals surface area contributed by atoms with Crippen molar-refractivity contribution < 1.29 is 4.39 Å². The zero-order chi connectivity index (χ0) is 15.6. The summed E-state index contributed by atoms with van der Waals surface area (Å²) in [7, 11) is 1.82. The molecule has 21 heavy (non-hydrogen) atoms. The highest BCUT2D eigenvalue weighted by molar-refractivity contribution is 6.32. The number of nitrogens with zero attached hydrogens (tertiary/aromatic N) is 2. The lowest BCUT2D eigenvalue weighted by atomic mass is 10.0. The topological polar surface area (TPSA) is 55.9 Å². The highest BCUT2D eigenvalue weighted by atomic mass is 35.5. The number of halogens is 3. The first-order valence-electron chi connectivity index (χ1n) is 6.59. The Hall–Kier alpha value is -1.14. The monoisotopic (exact) mass is 330 g/mol. The first-order chi connectivity index (χ1) is 9.99. The quantitative estimate of drug-likeness (QED) is 0.654. The van der Waals surface area contributed by atoms with Crippen molar-refractivity contribution in [1.82, 2.24) is 15.2 Å². The van der Waals surface area contributed by atoms with Crippen molar-refractivity contribution in [2.45, 2.75) is 25.8 Å². The van der Waals surface area contributed by atoms with Gasteiger partial charge in [0, 0.05) is 13.5 Å². The molecule has 0 spiro atoms. The summed E-state index contributed by atoms with van der Waals surface area (Å²) >= 11 is 12.3. The Bertz CT molecular complexity index is 642. The van der Waals surface area contributed by atoms with Crippen molar-refractivity contribution in [3.63, 3.8) is 0 Å². The Morgan fingerprint density at radius 3 is 2.67 bits per heavy atom. The van der Waals surface area contributed by atoms with Gasteiger partial charge in [0.15, 0.2) is 0 Å². The maximum Gasteiger partial charge on any atom is 0.142 e. The number of benzene rings is 1. The molecule has 0 fully saturated rings. The molecule has 114 valence electrons. The predicted molar refractivity (Wildman–Crippen MR) is 82.8 cm³/mol. The van der Waals surface area contributed by atoms with Crippen LogP contribution in [0.1, 0.15) is 29.9 Å². The van der Waals surface area contributed by atoms with Crippen LogP contribution < -0.4 is 11.3 Å². The van der Waals surface area contributed by atoms with Crippen molar-refractivity contribution in [3.8, 4) is 0 Å². The maximum atomic E-state index is 13.6. The van der Waals surface area contributed by atoms with E-state index in [2.05, 4.69) is 10.5 Å². The van der Waals surface area contributed by atoms with Gasteiger partial charge in [-0.3, -0.25) is 16.0 Å². The van der Waals surface area contributed by atoms with Gasteiger partial charge in [-0.15, -0.1) is 0 Å². The van der Waals surface area contributed by atoms with Gasteiger partial charge >= 0.3 is 0 Å². The third kappa shape index (κ3) is 3.21. The van der Waals surface area contributed by atoms with Crippen molar-refractivity contribution >= 4 is 23.2 Å². The predicted octanol–water partition coefficient (Wildman–Crippen LogP) is 3.18. The Morgan fingerprint density at radius 1 is 1.38 bits per heavy atom. The van der Waals surface area contributed by atoms with E-state index in [0.717, 1.165) is 17.8 Å². The van der Waals surface area contributed by atoms with Gasteiger partial charge in [-0.1, -0.05) is 42.3 Å². The Labute approximate surface area is 133 Å². The summed E-state index contributed by atoms with van der Waals surface area (Å²) < 4.78 is 15.3. The second-order valence-corrected chi connectivity index (χ2v) is 5.51. The fraction of sp³-hybridized carbons (Fsp3) is 0.357. The fourth-order valence-electron chi connectivity index (χ4n) is 2.28. The molecule has 7 heteroatoms. The highest BCUT2D eigenvalue weighted by Gasteiger charge is 2.21. The molecule has 4 nitrogen and oxygen atoms in total. The molecule has 0 aliphatic heterocycles. The molecule has 1 aromatic heterocycles. The standard InChI is InChI=1S/C14H17Cl2FN4/c1-3-10-14(16)12(21(2)20-10)7-11(19-18)8-5-4-6-9(17)13(8)15/h4-6,11,19H,3,7,18H2,1-2H3. The van der Waals surface area contributed by atoms with Gasteiger partial charge in [-0.2, -0.15) is 5.10 Å². The van der Waals surface area contributed by atoms with Crippen molar-refractivity contribution in [2.24, 2.45) is 12.9 Å². The lowest BCUT2D eigenvalue weighted by Gasteiger charge is -2.18. The van der Waals surface area contributed by atoms with Gasteiger partial charge in [-0.05, 0) is 18.1 Å².